The number of amides is 1. The predicted octanol–water partition coefficient (Wildman–Crippen LogP) is 18.7. The zero-order valence-corrected chi connectivity index (χ0v) is 48.6. The monoisotopic (exact) mass is 1020 g/mol. The van der Waals surface area contributed by atoms with Crippen LogP contribution in [0.2, 0.25) is 0 Å². The summed E-state index contributed by atoms with van der Waals surface area (Å²) in [4.78, 5) is 23.3. The van der Waals surface area contributed by atoms with Crippen molar-refractivity contribution in [3.8, 4) is 0 Å². The molecule has 1 amide bonds. The topological polar surface area (TPSA) is 105 Å². The molecular formula is C62H120N2O6P+. The van der Waals surface area contributed by atoms with Crippen LogP contribution in [-0.2, 0) is 18.4 Å². The van der Waals surface area contributed by atoms with Crippen LogP contribution >= 0.6 is 7.82 Å². The summed E-state index contributed by atoms with van der Waals surface area (Å²) in [5, 5.41) is 13.9. The second-order valence-corrected chi connectivity index (χ2v) is 23.5. The molecule has 0 fully saturated rings. The number of hydrogen-bond donors (Lipinski definition) is 3. The molecule has 3 unspecified atom stereocenters. The molecule has 0 heterocycles. The number of carbonyl (C=O) groups is 1. The number of aliphatic hydroxyl groups excluding tert-OH is 1. The number of nitrogens with one attached hydrogen (secondary N) is 1. The minimum atomic E-state index is -4.36. The van der Waals surface area contributed by atoms with E-state index in [1.165, 1.54) is 225 Å². The number of hydrogen-bond acceptors (Lipinski definition) is 5. The molecule has 0 aromatic rings. The molecule has 0 aromatic heterocycles. The number of aliphatic hydroxyl groups is 1. The maximum atomic E-state index is 13.0. The molecule has 71 heavy (non-hydrogen) atoms. The van der Waals surface area contributed by atoms with E-state index in [9.17, 15) is 19.4 Å². The fourth-order valence-corrected chi connectivity index (χ4v) is 9.69. The molecule has 0 saturated heterocycles. The minimum absolute atomic E-state index is 0.0528. The van der Waals surface area contributed by atoms with E-state index in [1.54, 1.807) is 6.08 Å². The SMILES string of the molecule is CCCCCCCC/C=C\CCCCCCCCCCCC(=O)NC(COP(=O)(O)OCC[N+](C)(C)C)C(O)/C=C/CC/C=C/CC/C=C/CCCCCCCCCCCCCCCCCCCCCC. The fourth-order valence-electron chi connectivity index (χ4n) is 8.95. The molecule has 0 radical (unpaired) electrons. The lowest BCUT2D eigenvalue weighted by molar-refractivity contribution is -0.870. The standard InChI is InChI=1S/C62H119N2O6P/c1-6-8-10-12-14-16-18-20-22-24-26-27-28-29-30-31-32-33-34-35-36-38-39-41-43-45-47-49-51-53-55-61(65)60(59-70-71(67,68)69-58-57-64(3,4)5)63-62(66)56-54-52-50-48-46-44-42-40-37-25-23-21-19-17-15-13-11-9-7-2/h21,23,38-39,45,47,53,55,60-61,65H,6-20,22,24-37,40-44,46,48-52,54,56-59H2,1-5H3,(H-,63,66,67,68)/p+1/b23-21-,39-38+,47-45+,55-53+. The average Bonchev–Trinajstić information content (AvgIpc) is 3.33. The van der Waals surface area contributed by atoms with Crippen molar-refractivity contribution >= 4 is 13.7 Å². The number of allylic oxidation sites excluding steroid dienone is 7. The Balaban J connectivity index is 4.21. The first kappa shape index (κ1) is 69.5. The Labute approximate surface area is 441 Å². The van der Waals surface area contributed by atoms with Crippen LogP contribution < -0.4 is 5.32 Å². The number of unbranched alkanes of at least 4 members (excludes halogenated alkanes) is 37. The summed E-state index contributed by atoms with van der Waals surface area (Å²) in [5.74, 6) is -0.191. The molecule has 8 nitrogen and oxygen atoms in total. The number of phosphoric ester groups is 1. The van der Waals surface area contributed by atoms with Crippen molar-refractivity contribution < 1.29 is 32.9 Å². The average molecular weight is 1020 g/mol. The summed E-state index contributed by atoms with van der Waals surface area (Å²) in [7, 11) is 1.55. The highest BCUT2D eigenvalue weighted by Gasteiger charge is 2.27. The largest absolute Gasteiger partial charge is 0.472 e. The molecule has 0 aliphatic rings. The normalized spacial score (nSPS) is 14.2. The van der Waals surface area contributed by atoms with E-state index in [1.807, 2.05) is 27.2 Å². The highest BCUT2D eigenvalue weighted by molar-refractivity contribution is 7.47. The maximum absolute atomic E-state index is 13.0. The van der Waals surface area contributed by atoms with Crippen molar-refractivity contribution in [2.75, 3.05) is 40.9 Å². The molecule has 0 aliphatic carbocycles. The van der Waals surface area contributed by atoms with E-state index in [-0.39, 0.29) is 19.1 Å². The van der Waals surface area contributed by atoms with Gasteiger partial charge in [-0.1, -0.05) is 262 Å². The van der Waals surface area contributed by atoms with Crippen molar-refractivity contribution in [1.29, 1.82) is 0 Å². The van der Waals surface area contributed by atoms with E-state index in [2.05, 4.69) is 55.6 Å². The van der Waals surface area contributed by atoms with Crippen molar-refractivity contribution in [2.45, 2.75) is 302 Å². The van der Waals surface area contributed by atoms with E-state index in [0.29, 0.717) is 17.4 Å². The van der Waals surface area contributed by atoms with Crippen LogP contribution in [0.5, 0.6) is 0 Å². The first-order valence-corrected chi connectivity index (χ1v) is 32.0. The smallest absolute Gasteiger partial charge is 0.387 e. The van der Waals surface area contributed by atoms with Gasteiger partial charge in [0.25, 0.3) is 0 Å². The Hall–Kier alpha value is -1.54. The second-order valence-electron chi connectivity index (χ2n) is 22.1. The fraction of sp³-hybridized carbons (Fsp3) is 0.855. The van der Waals surface area contributed by atoms with Gasteiger partial charge in [0.15, 0.2) is 0 Å². The molecule has 3 atom stereocenters. The summed E-state index contributed by atoms with van der Waals surface area (Å²) in [6, 6.07) is -0.872. The first-order chi connectivity index (χ1) is 34.5. The highest BCUT2D eigenvalue weighted by Crippen LogP contribution is 2.43. The van der Waals surface area contributed by atoms with Gasteiger partial charge in [-0.3, -0.25) is 13.8 Å². The van der Waals surface area contributed by atoms with Crippen LogP contribution in [0.4, 0.5) is 0 Å². The lowest BCUT2D eigenvalue weighted by atomic mass is 10.0. The molecule has 0 saturated carbocycles. The number of carbonyl (C=O) groups excluding carboxylic acids is 1. The zero-order valence-electron chi connectivity index (χ0n) is 47.7. The molecule has 0 bridgehead atoms. The van der Waals surface area contributed by atoms with Crippen molar-refractivity contribution in [1.82, 2.24) is 5.32 Å². The van der Waals surface area contributed by atoms with Gasteiger partial charge in [-0.15, -0.1) is 0 Å². The first-order valence-electron chi connectivity index (χ1n) is 30.5. The third kappa shape index (κ3) is 56.0. The van der Waals surface area contributed by atoms with Crippen molar-refractivity contribution in [2.24, 2.45) is 0 Å². The van der Waals surface area contributed by atoms with E-state index < -0.39 is 20.0 Å². The van der Waals surface area contributed by atoms with Crippen LogP contribution in [0.15, 0.2) is 48.6 Å². The second kappa shape index (κ2) is 53.3. The summed E-state index contributed by atoms with van der Waals surface area (Å²) < 4.78 is 23.7. The van der Waals surface area contributed by atoms with Crippen molar-refractivity contribution in [3.63, 3.8) is 0 Å². The third-order valence-corrected chi connectivity index (χ3v) is 14.7. The number of rotatable bonds is 56. The quantitative estimate of drug-likeness (QED) is 0.0243. The minimum Gasteiger partial charge on any atom is -0.387 e. The van der Waals surface area contributed by atoms with Gasteiger partial charge in [0.05, 0.1) is 39.9 Å². The Morgan fingerprint density at radius 3 is 1.13 bits per heavy atom. The number of nitrogens with zero attached hydrogens (tertiary/aromatic N) is 1. The molecule has 0 spiro atoms. The van der Waals surface area contributed by atoms with Gasteiger partial charge in [0.2, 0.25) is 5.91 Å². The van der Waals surface area contributed by atoms with Gasteiger partial charge >= 0.3 is 7.82 Å². The molecular weight excluding hydrogens is 900 g/mol. The molecule has 0 aromatic carbocycles. The van der Waals surface area contributed by atoms with Gasteiger partial charge in [-0.25, -0.2) is 4.57 Å². The third-order valence-electron chi connectivity index (χ3n) is 13.7. The zero-order chi connectivity index (χ0) is 52.0. The lowest BCUT2D eigenvalue weighted by Crippen LogP contribution is -2.45. The Kier molecular flexibility index (Phi) is 52.1. The molecule has 0 rings (SSSR count). The lowest BCUT2D eigenvalue weighted by Gasteiger charge is -2.25. The van der Waals surface area contributed by atoms with Gasteiger partial charge in [0, 0.05) is 6.42 Å². The molecule has 3 N–H and O–H groups in total. The molecule has 418 valence electrons. The van der Waals surface area contributed by atoms with Crippen LogP contribution in [0, 0.1) is 0 Å². The van der Waals surface area contributed by atoms with Crippen LogP contribution in [0.25, 0.3) is 0 Å². The van der Waals surface area contributed by atoms with Gasteiger partial charge in [-0.05, 0) is 70.6 Å². The van der Waals surface area contributed by atoms with Gasteiger partial charge < -0.3 is 19.8 Å². The maximum Gasteiger partial charge on any atom is 0.472 e. The predicted molar refractivity (Wildman–Crippen MR) is 309 cm³/mol. The Morgan fingerprint density at radius 2 is 0.775 bits per heavy atom. The summed E-state index contributed by atoms with van der Waals surface area (Å²) in [6.45, 7) is 4.81. The summed E-state index contributed by atoms with van der Waals surface area (Å²) in [6.07, 6.45) is 70.9. The summed E-state index contributed by atoms with van der Waals surface area (Å²) in [5.41, 5.74) is 0. The van der Waals surface area contributed by atoms with Crippen LogP contribution in [-0.4, -0.2) is 73.4 Å². The summed E-state index contributed by atoms with van der Waals surface area (Å²) >= 11 is 0. The van der Waals surface area contributed by atoms with E-state index in [0.717, 1.165) is 44.9 Å². The van der Waals surface area contributed by atoms with Crippen LogP contribution in [0.1, 0.15) is 290 Å². The molecule has 0 aliphatic heterocycles. The highest BCUT2D eigenvalue weighted by atomic mass is 31.2. The van der Waals surface area contributed by atoms with Gasteiger partial charge in [0.1, 0.15) is 13.2 Å². The van der Waals surface area contributed by atoms with E-state index in [4.69, 9.17) is 9.05 Å². The number of quaternary nitrogens is 1. The van der Waals surface area contributed by atoms with Crippen LogP contribution in [0.3, 0.4) is 0 Å². The Morgan fingerprint density at radius 1 is 0.465 bits per heavy atom. The molecule has 9 heteroatoms. The van der Waals surface area contributed by atoms with Gasteiger partial charge in [-0.2, -0.15) is 0 Å². The van der Waals surface area contributed by atoms with Crippen molar-refractivity contribution in [3.05, 3.63) is 48.6 Å². The van der Waals surface area contributed by atoms with E-state index >= 15 is 0 Å². The number of likely N-dealkylation sites (N-methyl/N-ethyl adjacent to an activating group) is 1. The number of phosphoric acid groups is 1. The Bertz CT molecular complexity index is 1290.